The summed E-state index contributed by atoms with van der Waals surface area (Å²) in [6.45, 7) is 1.15. The maximum absolute atomic E-state index is 8.11. The van der Waals surface area contributed by atoms with Crippen molar-refractivity contribution in [3.63, 3.8) is 0 Å². The SMILES string of the molecule is CCCC(O)O.OCO. The second-order valence-electron chi connectivity index (χ2n) is 1.41. The van der Waals surface area contributed by atoms with E-state index < -0.39 is 13.1 Å². The number of hydrogen-bond acceptors (Lipinski definition) is 4. The summed E-state index contributed by atoms with van der Waals surface area (Å²) in [6, 6.07) is 0. The Hall–Kier alpha value is -0.160. The molecule has 4 heteroatoms. The van der Waals surface area contributed by atoms with Crippen molar-refractivity contribution in [1.29, 1.82) is 0 Å². The van der Waals surface area contributed by atoms with Crippen molar-refractivity contribution in [3.8, 4) is 0 Å². The number of aliphatic hydroxyl groups excluding tert-OH is 2. The van der Waals surface area contributed by atoms with Crippen LogP contribution in [0, 0.1) is 0 Å². The smallest absolute Gasteiger partial charge is 0.151 e. The molecule has 0 saturated heterocycles. The quantitative estimate of drug-likeness (QED) is 0.370. The Morgan fingerprint density at radius 1 is 1.22 bits per heavy atom. The average Bonchev–Trinajstić information content (AvgIpc) is 1.67. The minimum absolute atomic E-state index is 0.486. The van der Waals surface area contributed by atoms with E-state index in [0.29, 0.717) is 6.42 Å². The lowest BCUT2D eigenvalue weighted by atomic mass is 10.3. The summed E-state index contributed by atoms with van der Waals surface area (Å²) in [5, 5.41) is 30.5. The fourth-order valence-electron chi connectivity index (χ4n) is 0.258. The van der Waals surface area contributed by atoms with E-state index in [1.165, 1.54) is 0 Å². The first-order valence-electron chi connectivity index (χ1n) is 2.76. The van der Waals surface area contributed by atoms with E-state index >= 15 is 0 Å². The van der Waals surface area contributed by atoms with Crippen LogP contribution in [0.3, 0.4) is 0 Å². The maximum atomic E-state index is 8.11. The number of aliphatic hydroxyl groups is 4. The van der Waals surface area contributed by atoms with Gasteiger partial charge in [0, 0.05) is 0 Å². The molecule has 0 rings (SSSR count). The molecular formula is C5H14O4. The third-order valence-electron chi connectivity index (χ3n) is 0.547. The third kappa shape index (κ3) is 33.2. The van der Waals surface area contributed by atoms with Gasteiger partial charge in [-0.3, -0.25) is 0 Å². The molecule has 0 unspecified atom stereocenters. The molecule has 0 aliphatic rings. The minimum Gasteiger partial charge on any atom is -0.371 e. The highest BCUT2D eigenvalue weighted by atomic mass is 16.5. The summed E-state index contributed by atoms with van der Waals surface area (Å²) in [5.41, 5.74) is 0. The molecule has 4 nitrogen and oxygen atoms in total. The Bertz CT molecular complexity index is 37.9. The van der Waals surface area contributed by atoms with Crippen molar-refractivity contribution < 1.29 is 20.4 Å². The molecule has 0 bridgehead atoms. The topological polar surface area (TPSA) is 80.9 Å². The first-order chi connectivity index (χ1) is 4.18. The predicted octanol–water partition coefficient (Wildman–Crippen LogP) is -0.974. The Morgan fingerprint density at radius 2 is 1.56 bits per heavy atom. The van der Waals surface area contributed by atoms with Crippen LogP contribution in [0.1, 0.15) is 19.8 Å². The van der Waals surface area contributed by atoms with Crippen molar-refractivity contribution in [2.24, 2.45) is 0 Å². The van der Waals surface area contributed by atoms with Crippen molar-refractivity contribution in [2.45, 2.75) is 26.1 Å². The molecule has 0 radical (unpaired) electrons. The van der Waals surface area contributed by atoms with Gasteiger partial charge in [0.05, 0.1) is 0 Å². The lowest BCUT2D eigenvalue weighted by Gasteiger charge is -1.94. The molecule has 0 aromatic heterocycles. The average molecular weight is 138 g/mol. The van der Waals surface area contributed by atoms with Gasteiger partial charge in [0.1, 0.15) is 6.79 Å². The van der Waals surface area contributed by atoms with Gasteiger partial charge in [-0.2, -0.15) is 0 Å². The van der Waals surface area contributed by atoms with Crippen LogP contribution in [0.15, 0.2) is 0 Å². The molecule has 0 aromatic carbocycles. The summed E-state index contributed by atoms with van der Waals surface area (Å²) < 4.78 is 0. The zero-order valence-corrected chi connectivity index (χ0v) is 5.49. The summed E-state index contributed by atoms with van der Waals surface area (Å²) in [7, 11) is 0. The zero-order chi connectivity index (χ0) is 7.70. The predicted molar refractivity (Wildman–Crippen MR) is 32.4 cm³/mol. The summed E-state index contributed by atoms with van der Waals surface area (Å²) >= 11 is 0. The van der Waals surface area contributed by atoms with E-state index in [9.17, 15) is 0 Å². The molecule has 0 amide bonds. The summed E-state index contributed by atoms with van der Waals surface area (Å²) in [4.78, 5) is 0. The van der Waals surface area contributed by atoms with Crippen molar-refractivity contribution in [2.75, 3.05) is 6.79 Å². The summed E-state index contributed by atoms with van der Waals surface area (Å²) in [5.74, 6) is 0. The highest BCUT2D eigenvalue weighted by Crippen LogP contribution is 1.88. The Labute approximate surface area is 54.4 Å². The Morgan fingerprint density at radius 3 is 1.56 bits per heavy atom. The van der Waals surface area contributed by atoms with E-state index in [1.54, 1.807) is 0 Å². The van der Waals surface area contributed by atoms with E-state index in [1.807, 2.05) is 6.92 Å². The largest absolute Gasteiger partial charge is 0.371 e. The van der Waals surface area contributed by atoms with E-state index in [0.717, 1.165) is 6.42 Å². The second-order valence-corrected chi connectivity index (χ2v) is 1.41. The van der Waals surface area contributed by atoms with Crippen molar-refractivity contribution in [1.82, 2.24) is 0 Å². The zero-order valence-electron chi connectivity index (χ0n) is 5.49. The standard InChI is InChI=1S/C4H10O2.CH4O2/c1-2-3-4(5)6;2-1-3/h4-6H,2-3H2,1H3;2-3H,1H2. The highest BCUT2D eigenvalue weighted by molar-refractivity contribution is 4.31. The first-order valence-corrected chi connectivity index (χ1v) is 2.76. The van der Waals surface area contributed by atoms with Crippen LogP contribution < -0.4 is 0 Å². The van der Waals surface area contributed by atoms with Crippen molar-refractivity contribution >= 4 is 0 Å². The van der Waals surface area contributed by atoms with Crippen LogP contribution in [0.4, 0.5) is 0 Å². The minimum atomic E-state index is -1.10. The molecule has 0 heterocycles. The highest BCUT2D eigenvalue weighted by Gasteiger charge is 1.89. The van der Waals surface area contributed by atoms with Gasteiger partial charge in [-0.1, -0.05) is 13.3 Å². The Balaban J connectivity index is 0. The summed E-state index contributed by atoms with van der Waals surface area (Å²) in [6.07, 6.45) is 0.215. The number of rotatable bonds is 2. The molecule has 0 fully saturated rings. The van der Waals surface area contributed by atoms with Gasteiger partial charge in [0.25, 0.3) is 0 Å². The monoisotopic (exact) mass is 138 g/mol. The Kier molecular flexibility index (Phi) is 13.9. The van der Waals surface area contributed by atoms with E-state index in [2.05, 4.69) is 0 Å². The number of hydrogen-bond donors (Lipinski definition) is 4. The maximum Gasteiger partial charge on any atom is 0.151 e. The fraction of sp³-hybridized carbons (Fsp3) is 1.00. The third-order valence-corrected chi connectivity index (χ3v) is 0.547. The van der Waals surface area contributed by atoms with Crippen LogP contribution in [0.5, 0.6) is 0 Å². The van der Waals surface area contributed by atoms with Crippen LogP contribution in [-0.4, -0.2) is 33.5 Å². The molecule has 4 N–H and O–H groups in total. The van der Waals surface area contributed by atoms with Gasteiger partial charge in [-0.15, -0.1) is 0 Å². The fourth-order valence-corrected chi connectivity index (χ4v) is 0.258. The molecule has 0 aromatic rings. The molecule has 0 spiro atoms. The van der Waals surface area contributed by atoms with Gasteiger partial charge >= 0.3 is 0 Å². The van der Waals surface area contributed by atoms with Crippen LogP contribution in [-0.2, 0) is 0 Å². The van der Waals surface area contributed by atoms with Gasteiger partial charge in [-0.25, -0.2) is 0 Å². The van der Waals surface area contributed by atoms with Gasteiger partial charge in [-0.05, 0) is 6.42 Å². The van der Waals surface area contributed by atoms with E-state index in [-0.39, 0.29) is 0 Å². The molecule has 9 heavy (non-hydrogen) atoms. The van der Waals surface area contributed by atoms with Gasteiger partial charge < -0.3 is 20.4 Å². The van der Waals surface area contributed by atoms with Gasteiger partial charge in [0.2, 0.25) is 0 Å². The lowest BCUT2D eigenvalue weighted by Crippen LogP contribution is -2.01. The molecule has 0 atom stereocenters. The van der Waals surface area contributed by atoms with Gasteiger partial charge in [0.15, 0.2) is 6.29 Å². The molecular weight excluding hydrogens is 124 g/mol. The lowest BCUT2D eigenvalue weighted by molar-refractivity contribution is -0.0453. The molecule has 0 saturated carbocycles. The molecule has 0 aliphatic carbocycles. The van der Waals surface area contributed by atoms with Crippen LogP contribution >= 0.6 is 0 Å². The molecule has 58 valence electrons. The second kappa shape index (κ2) is 10.8. The van der Waals surface area contributed by atoms with Crippen molar-refractivity contribution in [3.05, 3.63) is 0 Å². The van der Waals surface area contributed by atoms with Crippen LogP contribution in [0.25, 0.3) is 0 Å². The normalized spacial score (nSPS) is 8.67. The van der Waals surface area contributed by atoms with E-state index in [4.69, 9.17) is 20.4 Å². The van der Waals surface area contributed by atoms with Crippen LogP contribution in [0.2, 0.25) is 0 Å². The first kappa shape index (κ1) is 11.6. The molecule has 0 aliphatic heterocycles.